The van der Waals surface area contributed by atoms with Gasteiger partial charge in [0.05, 0.1) is 10.5 Å². The number of aromatic nitrogens is 1. The number of nitrogens with zero attached hydrogens (tertiary/aromatic N) is 2. The fourth-order valence-electron chi connectivity index (χ4n) is 2.02. The summed E-state index contributed by atoms with van der Waals surface area (Å²) in [6, 6.07) is 13.9. The Balaban J connectivity index is 2.06. The first-order chi connectivity index (χ1) is 10.5. The lowest BCUT2D eigenvalue weighted by atomic mass is 10.1. The molecule has 110 valence electrons. The van der Waals surface area contributed by atoms with Crippen LogP contribution in [0.25, 0.3) is 22.6 Å². The van der Waals surface area contributed by atoms with Crippen molar-refractivity contribution in [3.05, 3.63) is 67.6 Å². The fourth-order valence-corrected chi connectivity index (χ4v) is 2.65. The topological polar surface area (TPSA) is 69.2 Å². The second kappa shape index (κ2) is 6.02. The third-order valence-electron chi connectivity index (χ3n) is 3.07. The zero-order chi connectivity index (χ0) is 15.7. The normalized spacial score (nSPS) is 10.6. The van der Waals surface area contributed by atoms with Crippen LogP contribution in [0.4, 0.5) is 5.69 Å². The quantitative estimate of drug-likeness (QED) is 0.415. The average molecular weight is 424 g/mol. The molecule has 22 heavy (non-hydrogen) atoms. The highest BCUT2D eigenvalue weighted by molar-refractivity contribution is 9.10. The molecular formula is C15H8Br2N2O3. The lowest BCUT2D eigenvalue weighted by molar-refractivity contribution is -0.384. The Bertz CT molecular complexity index is 844. The predicted molar refractivity (Wildman–Crippen MR) is 89.4 cm³/mol. The van der Waals surface area contributed by atoms with Gasteiger partial charge in [-0.05, 0) is 24.3 Å². The van der Waals surface area contributed by atoms with Crippen molar-refractivity contribution >= 4 is 37.5 Å². The Morgan fingerprint density at radius 2 is 1.68 bits per heavy atom. The number of benzene rings is 2. The first-order valence-corrected chi connectivity index (χ1v) is 7.80. The predicted octanol–water partition coefficient (Wildman–Crippen LogP) is 5.44. The van der Waals surface area contributed by atoms with E-state index in [1.165, 1.54) is 6.07 Å². The molecule has 0 aliphatic carbocycles. The van der Waals surface area contributed by atoms with Crippen LogP contribution in [0.1, 0.15) is 0 Å². The lowest BCUT2D eigenvalue weighted by Crippen LogP contribution is -1.91. The SMILES string of the molecule is O=[N+]([O-])c1ccc(Br)cc1-c1cc(-c2ccc(Br)cc2)on1. The fraction of sp³-hybridized carbons (Fsp3) is 0. The summed E-state index contributed by atoms with van der Waals surface area (Å²) in [6.45, 7) is 0. The van der Waals surface area contributed by atoms with Crippen molar-refractivity contribution in [1.29, 1.82) is 0 Å². The minimum atomic E-state index is -0.435. The molecule has 0 fully saturated rings. The van der Waals surface area contributed by atoms with Crippen molar-refractivity contribution in [3.63, 3.8) is 0 Å². The third-order valence-corrected chi connectivity index (χ3v) is 4.09. The maximum atomic E-state index is 11.1. The molecule has 0 aliphatic heterocycles. The van der Waals surface area contributed by atoms with Crippen LogP contribution in [-0.2, 0) is 0 Å². The van der Waals surface area contributed by atoms with Crippen LogP contribution >= 0.6 is 31.9 Å². The van der Waals surface area contributed by atoms with Crippen LogP contribution in [-0.4, -0.2) is 10.1 Å². The van der Waals surface area contributed by atoms with E-state index >= 15 is 0 Å². The summed E-state index contributed by atoms with van der Waals surface area (Å²) in [7, 11) is 0. The first kappa shape index (κ1) is 14.9. The van der Waals surface area contributed by atoms with Crippen molar-refractivity contribution in [1.82, 2.24) is 5.16 Å². The van der Waals surface area contributed by atoms with E-state index < -0.39 is 4.92 Å². The van der Waals surface area contributed by atoms with E-state index in [-0.39, 0.29) is 5.69 Å². The number of hydrogen-bond acceptors (Lipinski definition) is 4. The summed E-state index contributed by atoms with van der Waals surface area (Å²) in [4.78, 5) is 10.7. The lowest BCUT2D eigenvalue weighted by Gasteiger charge is -1.99. The Labute approximate surface area is 142 Å². The van der Waals surface area contributed by atoms with Gasteiger partial charge in [-0.2, -0.15) is 0 Å². The molecule has 7 heteroatoms. The van der Waals surface area contributed by atoms with E-state index in [1.807, 2.05) is 24.3 Å². The summed E-state index contributed by atoms with van der Waals surface area (Å²) in [5.41, 5.74) is 1.66. The summed E-state index contributed by atoms with van der Waals surface area (Å²) in [6.07, 6.45) is 0. The maximum absolute atomic E-state index is 11.1. The number of rotatable bonds is 3. The first-order valence-electron chi connectivity index (χ1n) is 6.21. The number of nitro groups is 1. The Kier molecular flexibility index (Phi) is 4.08. The Hall–Kier alpha value is -1.99. The molecule has 0 spiro atoms. The summed E-state index contributed by atoms with van der Waals surface area (Å²) in [5.74, 6) is 0.553. The van der Waals surface area contributed by atoms with Gasteiger partial charge in [0, 0.05) is 26.6 Å². The number of hydrogen-bond donors (Lipinski definition) is 0. The van der Waals surface area contributed by atoms with Crippen molar-refractivity contribution in [2.24, 2.45) is 0 Å². The molecule has 0 bridgehead atoms. The molecule has 0 atom stereocenters. The molecular weight excluding hydrogens is 416 g/mol. The van der Waals surface area contributed by atoms with Crippen LogP contribution in [0.2, 0.25) is 0 Å². The monoisotopic (exact) mass is 422 g/mol. The molecule has 5 nitrogen and oxygen atoms in total. The van der Waals surface area contributed by atoms with Crippen molar-refractivity contribution < 1.29 is 9.45 Å². The molecule has 0 saturated carbocycles. The smallest absolute Gasteiger partial charge is 0.278 e. The van der Waals surface area contributed by atoms with Crippen LogP contribution < -0.4 is 0 Å². The van der Waals surface area contributed by atoms with Gasteiger partial charge < -0.3 is 4.52 Å². The number of halogens is 2. The van der Waals surface area contributed by atoms with Gasteiger partial charge in [-0.3, -0.25) is 10.1 Å². The standard InChI is InChI=1S/C15H8Br2N2O3/c16-10-3-1-9(2-4-10)15-8-13(18-22-15)12-7-11(17)5-6-14(12)19(20)21/h1-8H. The highest BCUT2D eigenvalue weighted by Gasteiger charge is 2.19. The zero-order valence-electron chi connectivity index (χ0n) is 11.0. The second-order valence-electron chi connectivity index (χ2n) is 4.50. The van der Waals surface area contributed by atoms with Gasteiger partial charge in [0.25, 0.3) is 5.69 Å². The largest absolute Gasteiger partial charge is 0.356 e. The molecule has 0 saturated heterocycles. The minimum Gasteiger partial charge on any atom is -0.356 e. The molecule has 0 unspecified atom stereocenters. The Morgan fingerprint density at radius 1 is 1.00 bits per heavy atom. The molecule has 0 N–H and O–H groups in total. The molecule has 0 aliphatic rings. The van der Waals surface area contributed by atoms with E-state index in [0.717, 1.165) is 14.5 Å². The minimum absolute atomic E-state index is 0.0149. The van der Waals surface area contributed by atoms with Gasteiger partial charge in [0.1, 0.15) is 5.69 Å². The van der Waals surface area contributed by atoms with Gasteiger partial charge >= 0.3 is 0 Å². The molecule has 3 aromatic rings. The van der Waals surface area contributed by atoms with E-state index in [4.69, 9.17) is 4.52 Å². The van der Waals surface area contributed by atoms with Crippen molar-refractivity contribution in [2.45, 2.75) is 0 Å². The second-order valence-corrected chi connectivity index (χ2v) is 6.33. The third kappa shape index (κ3) is 2.95. The maximum Gasteiger partial charge on any atom is 0.278 e. The van der Waals surface area contributed by atoms with Crippen molar-refractivity contribution in [3.8, 4) is 22.6 Å². The van der Waals surface area contributed by atoms with Gasteiger partial charge in [-0.25, -0.2) is 0 Å². The van der Waals surface area contributed by atoms with Gasteiger partial charge in [-0.15, -0.1) is 0 Å². The van der Waals surface area contributed by atoms with Gasteiger partial charge in [0.15, 0.2) is 5.76 Å². The van der Waals surface area contributed by atoms with Crippen LogP contribution in [0.3, 0.4) is 0 Å². The molecule has 2 aromatic carbocycles. The van der Waals surface area contributed by atoms with Crippen LogP contribution in [0, 0.1) is 10.1 Å². The van der Waals surface area contributed by atoms with Gasteiger partial charge in [-0.1, -0.05) is 49.1 Å². The highest BCUT2D eigenvalue weighted by atomic mass is 79.9. The molecule has 0 amide bonds. The van der Waals surface area contributed by atoms with E-state index in [0.29, 0.717) is 17.0 Å². The van der Waals surface area contributed by atoms with E-state index in [1.54, 1.807) is 18.2 Å². The molecule has 1 aromatic heterocycles. The number of nitro benzene ring substituents is 1. The van der Waals surface area contributed by atoms with E-state index in [2.05, 4.69) is 37.0 Å². The average Bonchev–Trinajstić information content (AvgIpc) is 2.97. The summed E-state index contributed by atoms with van der Waals surface area (Å²) >= 11 is 6.68. The summed E-state index contributed by atoms with van der Waals surface area (Å²) < 4.78 is 7.01. The molecule has 1 heterocycles. The van der Waals surface area contributed by atoms with Gasteiger partial charge in [0.2, 0.25) is 0 Å². The molecule has 3 rings (SSSR count). The Morgan fingerprint density at radius 3 is 2.36 bits per heavy atom. The molecule has 0 radical (unpaired) electrons. The van der Waals surface area contributed by atoms with Crippen molar-refractivity contribution in [2.75, 3.05) is 0 Å². The van der Waals surface area contributed by atoms with Crippen LogP contribution in [0.5, 0.6) is 0 Å². The highest BCUT2D eigenvalue weighted by Crippen LogP contribution is 2.34. The van der Waals surface area contributed by atoms with E-state index in [9.17, 15) is 10.1 Å². The van der Waals surface area contributed by atoms with Crippen LogP contribution in [0.15, 0.2) is 62.0 Å². The summed E-state index contributed by atoms with van der Waals surface area (Å²) in [5, 5.41) is 15.1. The zero-order valence-corrected chi connectivity index (χ0v) is 14.2.